The van der Waals surface area contributed by atoms with Crippen molar-refractivity contribution in [3.05, 3.63) is 57.0 Å². The molecule has 0 bridgehead atoms. The van der Waals surface area contributed by atoms with Crippen molar-refractivity contribution in [3.63, 3.8) is 0 Å². The molecule has 0 amide bonds. The minimum absolute atomic E-state index is 0.180. The van der Waals surface area contributed by atoms with Gasteiger partial charge in [0.2, 0.25) is 0 Å². The minimum Gasteiger partial charge on any atom is -0.207 e. The predicted octanol–water partition coefficient (Wildman–Crippen LogP) is 5.09. The highest BCUT2D eigenvalue weighted by Crippen LogP contribution is 2.35. The molecule has 1 atom stereocenters. The highest BCUT2D eigenvalue weighted by molar-refractivity contribution is 7.12. The molecule has 2 rings (SSSR count). The normalized spacial score (nSPS) is 12.7. The molecule has 0 N–H and O–H groups in total. The van der Waals surface area contributed by atoms with E-state index in [1.807, 2.05) is 6.92 Å². The van der Waals surface area contributed by atoms with Crippen LogP contribution in [0.1, 0.15) is 33.2 Å². The predicted molar refractivity (Wildman–Crippen MR) is 72.5 cm³/mol. The molecule has 0 saturated heterocycles. The maximum absolute atomic E-state index is 13.0. The van der Waals surface area contributed by atoms with E-state index in [1.54, 1.807) is 17.4 Å². The summed E-state index contributed by atoms with van der Waals surface area (Å²) in [5.74, 6) is -0.212. The molecule has 3 heteroatoms. The second-order valence-electron chi connectivity index (χ2n) is 4.02. The molecule has 1 heterocycles. The van der Waals surface area contributed by atoms with E-state index in [0.717, 1.165) is 22.4 Å². The van der Waals surface area contributed by atoms with Gasteiger partial charge in [0.05, 0.1) is 5.38 Å². The first kappa shape index (κ1) is 12.6. The SMILES string of the molecule is CCc1ccc(C(Cl)c2ccc(F)cc2C)s1. The molecule has 0 fully saturated rings. The van der Waals surface area contributed by atoms with E-state index in [4.69, 9.17) is 11.6 Å². The van der Waals surface area contributed by atoms with Gasteiger partial charge in [-0.1, -0.05) is 13.0 Å². The average molecular weight is 269 g/mol. The molecule has 17 heavy (non-hydrogen) atoms. The number of benzene rings is 1. The van der Waals surface area contributed by atoms with Crippen molar-refractivity contribution in [2.24, 2.45) is 0 Å². The molecule has 0 saturated carbocycles. The molecular weight excluding hydrogens is 255 g/mol. The van der Waals surface area contributed by atoms with Gasteiger partial charge in [-0.2, -0.15) is 0 Å². The van der Waals surface area contributed by atoms with E-state index < -0.39 is 0 Å². The lowest BCUT2D eigenvalue weighted by Gasteiger charge is -2.11. The Morgan fingerprint density at radius 3 is 2.65 bits per heavy atom. The van der Waals surface area contributed by atoms with Crippen LogP contribution < -0.4 is 0 Å². The summed E-state index contributed by atoms with van der Waals surface area (Å²) in [7, 11) is 0. The minimum atomic E-state index is -0.212. The summed E-state index contributed by atoms with van der Waals surface area (Å²) >= 11 is 8.17. The Morgan fingerprint density at radius 2 is 2.06 bits per heavy atom. The zero-order chi connectivity index (χ0) is 12.4. The van der Waals surface area contributed by atoms with Crippen molar-refractivity contribution in [2.45, 2.75) is 25.6 Å². The van der Waals surface area contributed by atoms with E-state index >= 15 is 0 Å². The van der Waals surface area contributed by atoms with Gasteiger partial charge in [0.1, 0.15) is 5.82 Å². The van der Waals surface area contributed by atoms with Crippen LogP contribution in [0.25, 0.3) is 0 Å². The summed E-state index contributed by atoms with van der Waals surface area (Å²) < 4.78 is 13.0. The van der Waals surface area contributed by atoms with Gasteiger partial charge < -0.3 is 0 Å². The quantitative estimate of drug-likeness (QED) is 0.681. The summed E-state index contributed by atoms with van der Waals surface area (Å²) in [4.78, 5) is 2.45. The zero-order valence-corrected chi connectivity index (χ0v) is 11.4. The number of thiophene rings is 1. The number of hydrogen-bond donors (Lipinski definition) is 0. The maximum Gasteiger partial charge on any atom is 0.123 e. The average Bonchev–Trinajstić information content (AvgIpc) is 2.76. The third kappa shape index (κ3) is 2.70. The molecule has 0 spiro atoms. The van der Waals surface area contributed by atoms with Crippen LogP contribution in [0.3, 0.4) is 0 Å². The van der Waals surface area contributed by atoms with Crippen LogP contribution in [-0.2, 0) is 6.42 Å². The first-order chi connectivity index (χ1) is 8.11. The molecule has 1 unspecified atom stereocenters. The topological polar surface area (TPSA) is 0 Å². The van der Waals surface area contributed by atoms with Gasteiger partial charge in [-0.05, 0) is 48.7 Å². The number of halogens is 2. The van der Waals surface area contributed by atoms with Crippen molar-refractivity contribution in [2.75, 3.05) is 0 Å². The zero-order valence-electron chi connectivity index (χ0n) is 9.84. The van der Waals surface area contributed by atoms with Gasteiger partial charge in [0.15, 0.2) is 0 Å². The van der Waals surface area contributed by atoms with Crippen LogP contribution in [0, 0.1) is 12.7 Å². The Morgan fingerprint density at radius 1 is 1.29 bits per heavy atom. The second-order valence-corrected chi connectivity index (χ2v) is 5.66. The summed E-state index contributed by atoms with van der Waals surface area (Å²) in [6.07, 6.45) is 1.02. The molecule has 90 valence electrons. The van der Waals surface area contributed by atoms with Crippen LogP contribution in [0.2, 0.25) is 0 Å². The Bertz CT molecular complexity index is 519. The molecule has 0 aliphatic carbocycles. The van der Waals surface area contributed by atoms with Crippen molar-refractivity contribution in [1.29, 1.82) is 0 Å². The van der Waals surface area contributed by atoms with Gasteiger partial charge in [-0.15, -0.1) is 22.9 Å². The molecule has 0 nitrogen and oxygen atoms in total. The molecule has 0 aliphatic rings. The largest absolute Gasteiger partial charge is 0.207 e. The first-order valence-corrected chi connectivity index (χ1v) is 6.86. The Hall–Kier alpha value is -0.860. The van der Waals surface area contributed by atoms with E-state index in [1.165, 1.54) is 17.0 Å². The fraction of sp³-hybridized carbons (Fsp3) is 0.286. The molecule has 2 aromatic rings. The summed E-state index contributed by atoms with van der Waals surface area (Å²) in [6, 6.07) is 8.93. The number of aryl methyl sites for hydroxylation is 2. The van der Waals surface area contributed by atoms with Crippen molar-refractivity contribution >= 4 is 22.9 Å². The summed E-state index contributed by atoms with van der Waals surface area (Å²) in [5, 5.41) is -0.180. The van der Waals surface area contributed by atoms with Gasteiger partial charge in [-0.25, -0.2) is 4.39 Å². The van der Waals surface area contributed by atoms with E-state index in [2.05, 4.69) is 19.1 Å². The number of alkyl halides is 1. The summed E-state index contributed by atoms with van der Waals surface area (Å²) in [5.41, 5.74) is 1.88. The van der Waals surface area contributed by atoms with Crippen LogP contribution in [-0.4, -0.2) is 0 Å². The molecule has 0 radical (unpaired) electrons. The lowest BCUT2D eigenvalue weighted by atomic mass is 10.0. The van der Waals surface area contributed by atoms with Gasteiger partial charge >= 0.3 is 0 Å². The maximum atomic E-state index is 13.0. The fourth-order valence-electron chi connectivity index (χ4n) is 1.80. The van der Waals surface area contributed by atoms with Gasteiger partial charge in [0.25, 0.3) is 0 Å². The molecular formula is C14H14ClFS. The molecule has 0 aliphatic heterocycles. The summed E-state index contributed by atoms with van der Waals surface area (Å²) in [6.45, 7) is 4.02. The highest BCUT2D eigenvalue weighted by Gasteiger charge is 2.15. The third-order valence-electron chi connectivity index (χ3n) is 2.79. The lowest BCUT2D eigenvalue weighted by molar-refractivity contribution is 0.625. The van der Waals surface area contributed by atoms with Crippen molar-refractivity contribution in [3.8, 4) is 0 Å². The first-order valence-electron chi connectivity index (χ1n) is 5.60. The highest BCUT2D eigenvalue weighted by atomic mass is 35.5. The number of rotatable bonds is 3. The fourth-order valence-corrected chi connectivity index (χ4v) is 3.20. The van der Waals surface area contributed by atoms with Crippen molar-refractivity contribution in [1.82, 2.24) is 0 Å². The van der Waals surface area contributed by atoms with Crippen molar-refractivity contribution < 1.29 is 4.39 Å². The van der Waals surface area contributed by atoms with Crippen LogP contribution in [0.4, 0.5) is 4.39 Å². The lowest BCUT2D eigenvalue weighted by Crippen LogP contribution is -1.94. The molecule has 1 aromatic carbocycles. The van der Waals surface area contributed by atoms with E-state index in [9.17, 15) is 4.39 Å². The Labute approximate surface area is 110 Å². The monoisotopic (exact) mass is 268 g/mol. The molecule has 1 aromatic heterocycles. The van der Waals surface area contributed by atoms with Gasteiger partial charge in [-0.3, -0.25) is 0 Å². The Balaban J connectivity index is 2.33. The third-order valence-corrected chi connectivity index (χ3v) is 4.68. The Kier molecular flexibility index (Phi) is 3.85. The number of hydrogen-bond acceptors (Lipinski definition) is 1. The van der Waals surface area contributed by atoms with E-state index in [-0.39, 0.29) is 11.2 Å². The van der Waals surface area contributed by atoms with E-state index in [0.29, 0.717) is 0 Å². The second kappa shape index (κ2) is 5.19. The van der Waals surface area contributed by atoms with Crippen LogP contribution in [0.5, 0.6) is 0 Å². The van der Waals surface area contributed by atoms with Gasteiger partial charge in [0, 0.05) is 9.75 Å². The standard InChI is InChI=1S/C14H14ClFS/c1-3-11-5-7-13(17-11)14(15)12-6-4-10(16)8-9(12)2/h4-8,14H,3H2,1-2H3. The van der Waals surface area contributed by atoms with Crippen LogP contribution >= 0.6 is 22.9 Å². The smallest absolute Gasteiger partial charge is 0.123 e. The van der Waals surface area contributed by atoms with Crippen LogP contribution in [0.15, 0.2) is 30.3 Å².